The van der Waals surface area contributed by atoms with Gasteiger partial charge in [-0.05, 0) is 43.5 Å². The van der Waals surface area contributed by atoms with Gasteiger partial charge in [-0.15, -0.1) is 0 Å². The first-order valence-corrected chi connectivity index (χ1v) is 8.80. The Morgan fingerprint density at radius 2 is 1.22 bits per heavy atom. The number of Topliss-reactive ketones (excluding diaryl/α,β-unsaturated/α-hetero) is 2. The van der Waals surface area contributed by atoms with Crippen LogP contribution in [0.5, 0.6) is 0 Å². The van der Waals surface area contributed by atoms with Gasteiger partial charge in [-0.3, -0.25) is 14.4 Å². The Bertz CT molecular complexity index is 1000. The van der Waals surface area contributed by atoms with E-state index in [-0.39, 0.29) is 17.3 Å². The van der Waals surface area contributed by atoms with E-state index in [0.29, 0.717) is 34.2 Å². The number of hydrogen-bond donors (Lipinski definition) is 0. The average molecular weight is 356 g/mol. The zero-order valence-electron chi connectivity index (χ0n) is 15.4. The largest absolute Gasteiger partial charge is 0.294 e. The Hall–Kier alpha value is -3.33. The average Bonchev–Trinajstić information content (AvgIpc) is 2.68. The second-order valence-electron chi connectivity index (χ2n) is 6.48. The molecule has 0 aromatic heterocycles. The fourth-order valence-corrected chi connectivity index (χ4v) is 3.28. The molecule has 0 N–H and O–H groups in total. The fraction of sp³-hybridized carbons (Fsp3) is 0.125. The van der Waals surface area contributed by atoms with Crippen LogP contribution in [0.4, 0.5) is 0 Å². The summed E-state index contributed by atoms with van der Waals surface area (Å²) in [6.45, 7) is 2.87. The maximum Gasteiger partial charge on any atom is 0.193 e. The van der Waals surface area contributed by atoms with Gasteiger partial charge < -0.3 is 0 Å². The van der Waals surface area contributed by atoms with Crippen molar-refractivity contribution in [3.63, 3.8) is 0 Å². The van der Waals surface area contributed by atoms with E-state index in [2.05, 4.69) is 0 Å². The van der Waals surface area contributed by atoms with Crippen LogP contribution < -0.4 is 0 Å². The molecular formula is C24H20O3. The van der Waals surface area contributed by atoms with Crippen LogP contribution in [0.1, 0.15) is 61.6 Å². The van der Waals surface area contributed by atoms with E-state index >= 15 is 0 Å². The summed E-state index contributed by atoms with van der Waals surface area (Å²) in [6.07, 6.45) is 0.408. The summed E-state index contributed by atoms with van der Waals surface area (Å²) >= 11 is 0. The Labute approximate surface area is 158 Å². The normalized spacial score (nSPS) is 10.4. The van der Waals surface area contributed by atoms with Gasteiger partial charge in [-0.2, -0.15) is 0 Å². The van der Waals surface area contributed by atoms with E-state index < -0.39 is 0 Å². The second kappa shape index (κ2) is 7.92. The minimum Gasteiger partial charge on any atom is -0.294 e. The zero-order chi connectivity index (χ0) is 19.4. The highest BCUT2D eigenvalue weighted by atomic mass is 16.1. The SMILES string of the molecule is CC(=O)c1ccc(C(=O)c2ccccc2)c(Cc2ccccc2)c1C(C)=O. The van der Waals surface area contributed by atoms with Gasteiger partial charge in [0, 0.05) is 22.3 Å². The van der Waals surface area contributed by atoms with Crippen LogP contribution in [0.2, 0.25) is 0 Å². The first kappa shape index (κ1) is 18.5. The van der Waals surface area contributed by atoms with Crippen LogP contribution in [-0.2, 0) is 6.42 Å². The molecule has 0 saturated heterocycles. The molecule has 3 heteroatoms. The van der Waals surface area contributed by atoms with Gasteiger partial charge in [0.05, 0.1) is 0 Å². The first-order valence-electron chi connectivity index (χ1n) is 8.80. The molecular weight excluding hydrogens is 336 g/mol. The summed E-state index contributed by atoms with van der Waals surface area (Å²) in [4.78, 5) is 37.6. The van der Waals surface area contributed by atoms with Crippen molar-refractivity contribution >= 4 is 17.3 Å². The van der Waals surface area contributed by atoms with Gasteiger partial charge in [-0.1, -0.05) is 60.7 Å². The highest BCUT2D eigenvalue weighted by Crippen LogP contribution is 2.26. The van der Waals surface area contributed by atoms with Crippen molar-refractivity contribution in [2.24, 2.45) is 0 Å². The Morgan fingerprint density at radius 1 is 0.667 bits per heavy atom. The summed E-state index contributed by atoms with van der Waals surface area (Å²) < 4.78 is 0. The van der Waals surface area contributed by atoms with Crippen LogP contribution >= 0.6 is 0 Å². The van der Waals surface area contributed by atoms with E-state index in [4.69, 9.17) is 0 Å². The molecule has 0 unspecified atom stereocenters. The minimum atomic E-state index is -0.214. The number of ketones is 3. The summed E-state index contributed by atoms with van der Waals surface area (Å²) in [5, 5.41) is 0. The lowest BCUT2D eigenvalue weighted by atomic mass is 9.85. The fourth-order valence-electron chi connectivity index (χ4n) is 3.28. The van der Waals surface area contributed by atoms with Gasteiger partial charge in [-0.25, -0.2) is 0 Å². The summed E-state index contributed by atoms with van der Waals surface area (Å²) in [5.74, 6) is -0.554. The molecule has 3 aromatic rings. The number of rotatable bonds is 6. The van der Waals surface area contributed by atoms with Crippen molar-refractivity contribution < 1.29 is 14.4 Å². The monoisotopic (exact) mass is 356 g/mol. The number of carbonyl (C=O) groups is 3. The summed E-state index contributed by atoms with van der Waals surface area (Å²) in [5.41, 5.74) is 3.29. The molecule has 0 saturated carbocycles. The van der Waals surface area contributed by atoms with Crippen molar-refractivity contribution in [2.45, 2.75) is 20.3 Å². The van der Waals surface area contributed by atoms with Crippen molar-refractivity contribution in [1.29, 1.82) is 0 Å². The van der Waals surface area contributed by atoms with Gasteiger partial charge >= 0.3 is 0 Å². The lowest BCUT2D eigenvalue weighted by Crippen LogP contribution is -2.15. The summed E-state index contributed by atoms with van der Waals surface area (Å²) in [6, 6.07) is 21.8. The smallest absolute Gasteiger partial charge is 0.193 e. The molecule has 134 valence electrons. The number of hydrogen-bond acceptors (Lipinski definition) is 3. The molecule has 0 spiro atoms. The Kier molecular flexibility index (Phi) is 5.41. The molecule has 0 atom stereocenters. The third kappa shape index (κ3) is 3.93. The lowest BCUT2D eigenvalue weighted by molar-refractivity contribution is 0.0979. The van der Waals surface area contributed by atoms with E-state index in [1.807, 2.05) is 36.4 Å². The minimum absolute atomic E-state index is 0.154. The van der Waals surface area contributed by atoms with Gasteiger partial charge in [0.2, 0.25) is 0 Å². The molecule has 0 aliphatic carbocycles. The van der Waals surface area contributed by atoms with Gasteiger partial charge in [0.15, 0.2) is 17.3 Å². The van der Waals surface area contributed by atoms with Gasteiger partial charge in [0.25, 0.3) is 0 Å². The summed E-state index contributed by atoms with van der Waals surface area (Å²) in [7, 11) is 0. The predicted octanol–water partition coefficient (Wildman–Crippen LogP) is 4.91. The van der Waals surface area contributed by atoms with E-state index in [1.54, 1.807) is 36.4 Å². The highest BCUT2D eigenvalue weighted by molar-refractivity contribution is 6.14. The van der Waals surface area contributed by atoms with Crippen LogP contribution in [0.15, 0.2) is 72.8 Å². The molecule has 3 rings (SSSR count). The molecule has 0 fully saturated rings. The van der Waals surface area contributed by atoms with Crippen LogP contribution in [0.25, 0.3) is 0 Å². The maximum atomic E-state index is 13.1. The van der Waals surface area contributed by atoms with E-state index in [1.165, 1.54) is 13.8 Å². The van der Waals surface area contributed by atoms with Crippen LogP contribution in [0, 0.1) is 0 Å². The van der Waals surface area contributed by atoms with E-state index in [9.17, 15) is 14.4 Å². The molecule has 27 heavy (non-hydrogen) atoms. The van der Waals surface area contributed by atoms with Crippen LogP contribution in [0.3, 0.4) is 0 Å². The van der Waals surface area contributed by atoms with Crippen molar-refractivity contribution in [2.75, 3.05) is 0 Å². The van der Waals surface area contributed by atoms with Crippen molar-refractivity contribution in [1.82, 2.24) is 0 Å². The molecule has 0 heterocycles. The van der Waals surface area contributed by atoms with Crippen molar-refractivity contribution in [3.05, 3.63) is 106 Å². The molecule has 0 bridgehead atoms. The molecule has 0 aliphatic heterocycles. The standard InChI is InChI=1S/C24H20O3/c1-16(25)20-13-14-21(24(27)19-11-7-4-8-12-19)22(23(20)17(2)26)15-18-9-5-3-6-10-18/h3-14H,15H2,1-2H3. The maximum absolute atomic E-state index is 13.1. The van der Waals surface area contributed by atoms with E-state index in [0.717, 1.165) is 5.56 Å². The molecule has 0 amide bonds. The molecule has 3 aromatic carbocycles. The molecule has 0 radical (unpaired) electrons. The Balaban J connectivity index is 2.23. The van der Waals surface area contributed by atoms with Crippen LogP contribution in [-0.4, -0.2) is 17.3 Å². The quantitative estimate of drug-likeness (QED) is 0.590. The second-order valence-corrected chi connectivity index (χ2v) is 6.48. The lowest BCUT2D eigenvalue weighted by Gasteiger charge is -2.16. The highest BCUT2D eigenvalue weighted by Gasteiger charge is 2.23. The number of benzene rings is 3. The number of carbonyl (C=O) groups excluding carboxylic acids is 3. The Morgan fingerprint density at radius 3 is 1.78 bits per heavy atom. The topological polar surface area (TPSA) is 51.2 Å². The third-order valence-corrected chi connectivity index (χ3v) is 4.55. The molecule has 3 nitrogen and oxygen atoms in total. The molecule has 0 aliphatic rings. The first-order chi connectivity index (χ1) is 13.0. The van der Waals surface area contributed by atoms with Crippen molar-refractivity contribution in [3.8, 4) is 0 Å². The predicted molar refractivity (Wildman–Crippen MR) is 106 cm³/mol. The zero-order valence-corrected chi connectivity index (χ0v) is 15.4. The van der Waals surface area contributed by atoms with Gasteiger partial charge in [0.1, 0.15) is 0 Å². The third-order valence-electron chi connectivity index (χ3n) is 4.55.